The lowest BCUT2D eigenvalue weighted by molar-refractivity contribution is 0.834. The summed E-state index contributed by atoms with van der Waals surface area (Å²) in [5.41, 5.74) is 1.36. The molecular weight excluding hydrogens is 246 g/mol. The number of hydrogen-bond donors (Lipinski definition) is 2. The van der Waals surface area contributed by atoms with Gasteiger partial charge < -0.3 is 10.6 Å². The molecule has 2 aromatic rings. The number of aliphatic imine (C=N–C) groups is 1. The molecule has 106 valence electrons. The lowest BCUT2D eigenvalue weighted by Gasteiger charge is -2.09. The van der Waals surface area contributed by atoms with Crippen molar-refractivity contribution in [2.75, 3.05) is 19.6 Å². The first-order chi connectivity index (χ1) is 9.85. The third kappa shape index (κ3) is 3.73. The van der Waals surface area contributed by atoms with Gasteiger partial charge in [0.1, 0.15) is 0 Å². The van der Waals surface area contributed by atoms with Gasteiger partial charge in [-0.25, -0.2) is 0 Å². The second-order valence-corrected chi connectivity index (χ2v) is 4.68. The second-order valence-electron chi connectivity index (χ2n) is 4.68. The Labute approximate surface area is 121 Å². The van der Waals surface area contributed by atoms with E-state index in [-0.39, 0.29) is 0 Å². The van der Waals surface area contributed by atoms with Crippen LogP contribution in [0.15, 0.2) is 47.5 Å². The Bertz CT molecular complexity index is 562. The Morgan fingerprint density at radius 2 is 1.65 bits per heavy atom. The van der Waals surface area contributed by atoms with Crippen molar-refractivity contribution in [1.29, 1.82) is 0 Å². The Kier molecular flexibility index (Phi) is 5.42. The van der Waals surface area contributed by atoms with E-state index in [0.29, 0.717) is 0 Å². The topological polar surface area (TPSA) is 36.4 Å². The number of benzene rings is 2. The Balaban J connectivity index is 2.07. The van der Waals surface area contributed by atoms with Gasteiger partial charge in [0.15, 0.2) is 5.96 Å². The summed E-state index contributed by atoms with van der Waals surface area (Å²) in [5, 5.41) is 9.12. The van der Waals surface area contributed by atoms with Crippen LogP contribution >= 0.6 is 0 Å². The van der Waals surface area contributed by atoms with Crippen molar-refractivity contribution in [3.05, 3.63) is 48.0 Å². The zero-order valence-corrected chi connectivity index (χ0v) is 12.3. The lowest BCUT2D eigenvalue weighted by Crippen LogP contribution is -2.37. The average molecular weight is 269 g/mol. The van der Waals surface area contributed by atoms with E-state index < -0.39 is 0 Å². The highest BCUT2D eigenvalue weighted by atomic mass is 15.2. The van der Waals surface area contributed by atoms with Gasteiger partial charge in [-0.15, -0.1) is 0 Å². The fourth-order valence-electron chi connectivity index (χ4n) is 2.31. The minimum absolute atomic E-state index is 0.795. The molecule has 0 aliphatic heterocycles. The molecule has 0 unspecified atom stereocenters. The van der Waals surface area contributed by atoms with E-state index in [0.717, 1.165) is 32.0 Å². The largest absolute Gasteiger partial charge is 0.357 e. The van der Waals surface area contributed by atoms with Crippen molar-refractivity contribution in [3.63, 3.8) is 0 Å². The Hall–Kier alpha value is -2.03. The lowest BCUT2D eigenvalue weighted by atomic mass is 10.0. The fourth-order valence-corrected chi connectivity index (χ4v) is 2.31. The van der Waals surface area contributed by atoms with Crippen molar-refractivity contribution in [2.24, 2.45) is 4.99 Å². The van der Waals surface area contributed by atoms with Gasteiger partial charge in [0, 0.05) is 19.6 Å². The molecule has 3 heteroatoms. The first-order valence-electron chi connectivity index (χ1n) is 7.34. The highest BCUT2D eigenvalue weighted by Crippen LogP contribution is 2.18. The van der Waals surface area contributed by atoms with Crippen LogP contribution in [-0.4, -0.2) is 25.6 Å². The summed E-state index contributed by atoms with van der Waals surface area (Å²) in [5.74, 6) is 0.898. The van der Waals surface area contributed by atoms with Gasteiger partial charge in [0.05, 0.1) is 0 Å². The van der Waals surface area contributed by atoms with Crippen LogP contribution in [0.25, 0.3) is 10.8 Å². The smallest absolute Gasteiger partial charge is 0.191 e. The van der Waals surface area contributed by atoms with E-state index in [2.05, 4.69) is 71.9 Å². The van der Waals surface area contributed by atoms with E-state index in [9.17, 15) is 0 Å². The van der Waals surface area contributed by atoms with Crippen molar-refractivity contribution in [2.45, 2.75) is 20.3 Å². The van der Waals surface area contributed by atoms with Crippen LogP contribution in [0, 0.1) is 0 Å². The van der Waals surface area contributed by atoms with Gasteiger partial charge in [-0.2, -0.15) is 0 Å². The molecule has 0 saturated carbocycles. The van der Waals surface area contributed by atoms with Gasteiger partial charge in [-0.3, -0.25) is 4.99 Å². The summed E-state index contributed by atoms with van der Waals surface area (Å²) in [4.78, 5) is 4.60. The molecule has 0 saturated heterocycles. The Morgan fingerprint density at radius 3 is 2.40 bits per heavy atom. The minimum atomic E-state index is 0.795. The normalized spacial score (nSPS) is 10.3. The third-order valence-electron chi connectivity index (χ3n) is 3.22. The van der Waals surface area contributed by atoms with Crippen LogP contribution in [0.1, 0.15) is 19.4 Å². The SMILES string of the molecule is CCNC(=NCCc1cccc2ccccc12)NCC. The van der Waals surface area contributed by atoms with Gasteiger partial charge in [0.25, 0.3) is 0 Å². The van der Waals surface area contributed by atoms with Gasteiger partial charge in [-0.05, 0) is 36.6 Å². The minimum Gasteiger partial charge on any atom is -0.357 e. The zero-order valence-electron chi connectivity index (χ0n) is 12.3. The maximum absolute atomic E-state index is 4.60. The van der Waals surface area contributed by atoms with E-state index >= 15 is 0 Å². The molecule has 2 rings (SSSR count). The Morgan fingerprint density at radius 1 is 0.950 bits per heavy atom. The maximum Gasteiger partial charge on any atom is 0.191 e. The first kappa shape index (κ1) is 14.4. The average Bonchev–Trinajstić information content (AvgIpc) is 2.48. The van der Waals surface area contributed by atoms with Crippen LogP contribution in [0.3, 0.4) is 0 Å². The van der Waals surface area contributed by atoms with E-state index in [1.54, 1.807) is 0 Å². The van der Waals surface area contributed by atoms with Crippen LogP contribution in [0.4, 0.5) is 0 Å². The molecule has 0 radical (unpaired) electrons. The van der Waals surface area contributed by atoms with Crippen LogP contribution in [0.5, 0.6) is 0 Å². The van der Waals surface area contributed by atoms with Crippen molar-refractivity contribution in [3.8, 4) is 0 Å². The van der Waals surface area contributed by atoms with Gasteiger partial charge in [-0.1, -0.05) is 42.5 Å². The number of nitrogens with one attached hydrogen (secondary N) is 2. The molecule has 0 spiro atoms. The quantitative estimate of drug-likeness (QED) is 0.647. The maximum atomic E-state index is 4.60. The molecule has 2 aromatic carbocycles. The molecule has 0 atom stereocenters. The molecule has 0 aliphatic rings. The standard InChI is InChI=1S/C17H23N3/c1-3-18-17(19-4-2)20-13-12-15-10-7-9-14-8-5-6-11-16(14)15/h5-11H,3-4,12-13H2,1-2H3,(H2,18,19,20). The van der Waals surface area contributed by atoms with Crippen LogP contribution in [-0.2, 0) is 6.42 Å². The van der Waals surface area contributed by atoms with Crippen LogP contribution in [0.2, 0.25) is 0 Å². The molecule has 2 N–H and O–H groups in total. The number of rotatable bonds is 5. The predicted octanol–water partition coefficient (Wildman–Crippen LogP) is 2.96. The molecule has 0 aliphatic carbocycles. The van der Waals surface area contributed by atoms with Crippen molar-refractivity contribution in [1.82, 2.24) is 10.6 Å². The molecule has 0 bridgehead atoms. The summed E-state index contributed by atoms with van der Waals surface area (Å²) in [6, 6.07) is 15.0. The number of fused-ring (bicyclic) bond motifs is 1. The molecule has 0 amide bonds. The molecule has 0 fully saturated rings. The summed E-state index contributed by atoms with van der Waals surface area (Å²) in [6.45, 7) is 6.73. The van der Waals surface area contributed by atoms with Crippen molar-refractivity contribution >= 4 is 16.7 Å². The molecule has 0 aromatic heterocycles. The molecule has 3 nitrogen and oxygen atoms in total. The first-order valence-corrected chi connectivity index (χ1v) is 7.34. The van der Waals surface area contributed by atoms with Crippen molar-refractivity contribution < 1.29 is 0 Å². The molecular formula is C17H23N3. The summed E-state index contributed by atoms with van der Waals surface area (Å²) < 4.78 is 0. The predicted molar refractivity (Wildman–Crippen MR) is 87.3 cm³/mol. The van der Waals surface area contributed by atoms with E-state index in [1.807, 2.05) is 0 Å². The number of guanidine groups is 1. The highest BCUT2D eigenvalue weighted by Gasteiger charge is 2.00. The molecule has 0 heterocycles. The van der Waals surface area contributed by atoms with E-state index in [4.69, 9.17) is 0 Å². The van der Waals surface area contributed by atoms with Gasteiger partial charge >= 0.3 is 0 Å². The number of nitrogens with zero attached hydrogens (tertiary/aromatic N) is 1. The summed E-state index contributed by atoms with van der Waals surface area (Å²) >= 11 is 0. The highest BCUT2D eigenvalue weighted by molar-refractivity contribution is 5.85. The monoisotopic (exact) mass is 269 g/mol. The second kappa shape index (κ2) is 7.53. The van der Waals surface area contributed by atoms with Crippen LogP contribution < -0.4 is 10.6 Å². The summed E-state index contributed by atoms with van der Waals surface area (Å²) in [7, 11) is 0. The fraction of sp³-hybridized carbons (Fsp3) is 0.353. The number of hydrogen-bond acceptors (Lipinski definition) is 1. The zero-order chi connectivity index (χ0) is 14.2. The van der Waals surface area contributed by atoms with Gasteiger partial charge in [0.2, 0.25) is 0 Å². The third-order valence-corrected chi connectivity index (χ3v) is 3.22. The summed E-state index contributed by atoms with van der Waals surface area (Å²) in [6.07, 6.45) is 0.960. The molecule has 20 heavy (non-hydrogen) atoms. The van der Waals surface area contributed by atoms with E-state index in [1.165, 1.54) is 16.3 Å².